The Bertz CT molecular complexity index is 3660. The van der Waals surface area contributed by atoms with E-state index in [1.54, 1.807) is 19.0 Å². The smallest absolute Gasteiger partial charge is 0.120 e. The lowest BCUT2D eigenvalue weighted by atomic mass is 9.88. The highest BCUT2D eigenvalue weighted by atomic mass is 35.5. The molecule has 1 aliphatic heterocycles. The number of nitrogens with two attached hydrogens (primary N) is 1. The van der Waals surface area contributed by atoms with Crippen LogP contribution in [-0.2, 0) is 62.6 Å². The number of allylic oxidation sites excluding steroid dienone is 2. The summed E-state index contributed by atoms with van der Waals surface area (Å²) in [4.78, 5) is 52.8. The highest BCUT2D eigenvalue weighted by Crippen LogP contribution is 2.39. The predicted octanol–water partition coefficient (Wildman–Crippen LogP) is 14.3. The predicted molar refractivity (Wildman–Crippen MR) is 364 cm³/mol. The van der Waals surface area contributed by atoms with Crippen LogP contribution in [0.4, 0.5) is 0 Å². The Hall–Kier alpha value is -7.43. The number of carbonyl (C=O) groups excluding carboxylic acids is 1. The summed E-state index contributed by atoms with van der Waals surface area (Å²) in [6.07, 6.45) is 39.5. The molecule has 0 amide bonds. The molecule has 0 saturated carbocycles. The molecule has 14 nitrogen and oxygen atoms in total. The first-order chi connectivity index (χ1) is 44.3. The number of H-pyrrole nitrogens is 3. The molecule has 3 atom stereocenters. The lowest BCUT2D eigenvalue weighted by Crippen LogP contribution is -2.29. The van der Waals surface area contributed by atoms with E-state index in [0.717, 1.165) is 169 Å². The molecule has 3 aliphatic carbocycles. The number of aliphatic imine (C=N–C) groups is 1. The third-order valence-corrected chi connectivity index (χ3v) is 18.2. The van der Waals surface area contributed by atoms with Gasteiger partial charge in [0.05, 0.1) is 36.1 Å². The van der Waals surface area contributed by atoms with E-state index in [1.165, 1.54) is 84.2 Å². The number of pyridine rings is 3. The average Bonchev–Trinajstić information content (AvgIpc) is 2.03. The van der Waals surface area contributed by atoms with Crippen LogP contribution < -0.4 is 11.1 Å². The van der Waals surface area contributed by atoms with Crippen LogP contribution in [-0.4, -0.2) is 102 Å². The van der Waals surface area contributed by atoms with Gasteiger partial charge in [0.1, 0.15) is 6.29 Å². The van der Waals surface area contributed by atoms with Crippen molar-refractivity contribution in [2.24, 2.45) is 10.7 Å². The largest absolute Gasteiger partial charge is 0.348 e. The van der Waals surface area contributed by atoms with Gasteiger partial charge in [-0.05, 0) is 247 Å². The number of rotatable bonds is 23. The van der Waals surface area contributed by atoms with Crippen LogP contribution in [0.1, 0.15) is 160 Å². The molecule has 0 fully saturated rings. The summed E-state index contributed by atoms with van der Waals surface area (Å²) in [5, 5.41) is 6.05. The molecule has 7 heterocycles. The van der Waals surface area contributed by atoms with E-state index in [9.17, 15) is 4.79 Å². The van der Waals surface area contributed by atoms with Crippen LogP contribution in [0, 0.1) is 0 Å². The molecule has 468 valence electrons. The van der Waals surface area contributed by atoms with Crippen LogP contribution in [0.15, 0.2) is 164 Å². The Morgan fingerprint density at radius 1 is 0.522 bits per heavy atom. The zero-order valence-electron chi connectivity index (χ0n) is 51.5. The fraction of sp³-hybridized carbons (Fsp3) is 0.370. The highest BCUT2D eigenvalue weighted by Gasteiger charge is 2.28. The zero-order valence-corrected chi connectivity index (χ0v) is 53.8. The van der Waals surface area contributed by atoms with Gasteiger partial charge >= 0.3 is 0 Å². The van der Waals surface area contributed by atoms with Crippen molar-refractivity contribution in [3.63, 3.8) is 0 Å². The van der Waals surface area contributed by atoms with Gasteiger partial charge in [-0.1, -0.05) is 77.3 Å². The van der Waals surface area contributed by atoms with Gasteiger partial charge in [0, 0.05) is 112 Å². The molecule has 13 rings (SSSR count). The number of fused-ring (bicyclic) bond motifs is 6. The number of benzene rings is 3. The first-order valence-corrected chi connectivity index (χ1v) is 33.3. The van der Waals surface area contributed by atoms with E-state index < -0.39 is 0 Å². The number of aromatic amines is 3. The van der Waals surface area contributed by atoms with Crippen molar-refractivity contribution in [3.8, 4) is 0 Å². The number of aldehydes is 1. The molecule has 0 bridgehead atoms. The summed E-state index contributed by atoms with van der Waals surface area (Å²) in [5.41, 5.74) is 26.4. The van der Waals surface area contributed by atoms with E-state index in [0.29, 0.717) is 30.7 Å². The van der Waals surface area contributed by atoms with E-state index >= 15 is 0 Å². The third kappa shape index (κ3) is 18.8. The lowest BCUT2D eigenvalue weighted by molar-refractivity contribution is -0.107. The number of nitrogens with one attached hydrogen (secondary N) is 4. The molecule has 3 unspecified atom stereocenters. The van der Waals surface area contributed by atoms with Crippen molar-refractivity contribution >= 4 is 47.3 Å². The normalized spacial score (nSPS) is 15.9. The maximum atomic E-state index is 9.88. The summed E-state index contributed by atoms with van der Waals surface area (Å²) in [5.74, 6) is 0.927. The Balaban J connectivity index is 0.000000143. The summed E-state index contributed by atoms with van der Waals surface area (Å²) < 4.78 is 0. The SMILES string of the molecule is Clc1ccc2c(c1)CCc1cccnc1C2CCN(CCCc1cnc[nH]1)CCCc1cnc[nH]1.Clc1ccc2c(c1)CCc1cccnc1C2CCNCCCc1cnc[nH]1.NCCC1c2ccc(Cl)cc2CCc2cccnc21.O=CCCC1=CCC=N1. The molecule has 0 spiro atoms. The monoisotopic (exact) mass is 1260 g/mol. The van der Waals surface area contributed by atoms with Gasteiger partial charge in [0.15, 0.2) is 0 Å². The van der Waals surface area contributed by atoms with E-state index in [4.69, 9.17) is 50.5 Å². The number of nitrogens with zero attached hydrogens (tertiary/aromatic N) is 8. The maximum absolute atomic E-state index is 9.88. The molecule has 6 N–H and O–H groups in total. The molecule has 9 aromatic rings. The van der Waals surface area contributed by atoms with Crippen molar-refractivity contribution in [2.75, 3.05) is 39.3 Å². The first-order valence-electron chi connectivity index (χ1n) is 32.2. The number of hydrogen-bond acceptors (Lipinski definition) is 11. The number of imidazole rings is 3. The molecule has 0 saturated heterocycles. The summed E-state index contributed by atoms with van der Waals surface area (Å²) in [6, 6.07) is 31.7. The molecule has 17 heteroatoms. The quantitative estimate of drug-likeness (QED) is 0.0304. The van der Waals surface area contributed by atoms with Crippen LogP contribution in [0.2, 0.25) is 15.1 Å². The molecule has 4 aliphatic rings. The molecular weight excluding hydrogens is 1180 g/mol. The Kier molecular flexibility index (Phi) is 25.2. The van der Waals surface area contributed by atoms with Crippen LogP contribution in [0.5, 0.6) is 0 Å². The topological polar surface area (TPSA) is 195 Å². The van der Waals surface area contributed by atoms with Gasteiger partial charge < -0.3 is 35.7 Å². The third-order valence-electron chi connectivity index (χ3n) is 17.5. The molecule has 0 radical (unpaired) electrons. The Morgan fingerprint density at radius 3 is 1.39 bits per heavy atom. The number of aromatic nitrogens is 9. The molecular formula is C73H84Cl3N13O. The Morgan fingerprint density at radius 2 is 0.967 bits per heavy atom. The van der Waals surface area contributed by atoms with Crippen molar-refractivity contribution < 1.29 is 4.79 Å². The van der Waals surface area contributed by atoms with Crippen LogP contribution in [0.3, 0.4) is 0 Å². The zero-order chi connectivity index (χ0) is 62.1. The molecule has 6 aromatic heterocycles. The minimum atomic E-state index is 0.295. The van der Waals surface area contributed by atoms with E-state index in [2.05, 4.69) is 111 Å². The van der Waals surface area contributed by atoms with Crippen molar-refractivity contribution in [3.05, 3.63) is 258 Å². The summed E-state index contributed by atoms with van der Waals surface area (Å²) in [6.45, 7) is 5.83. The number of aryl methyl sites for hydroxylation is 9. The fourth-order valence-electron chi connectivity index (χ4n) is 13.1. The van der Waals surface area contributed by atoms with E-state index in [1.807, 2.05) is 79.8 Å². The Labute approximate surface area is 545 Å². The average molecular weight is 1270 g/mol. The minimum Gasteiger partial charge on any atom is -0.348 e. The molecule has 90 heavy (non-hydrogen) atoms. The van der Waals surface area contributed by atoms with Gasteiger partial charge in [0.2, 0.25) is 0 Å². The number of hydrogen-bond donors (Lipinski definition) is 5. The van der Waals surface area contributed by atoms with Crippen molar-refractivity contribution in [1.29, 1.82) is 0 Å². The highest BCUT2D eigenvalue weighted by molar-refractivity contribution is 6.31. The number of carbonyl (C=O) groups is 1. The standard InChI is InChI=1S/C28H33ClN6.C22H25ClN4.C16H17ClN2.C7H9NO/c29-23-9-10-26-22(16-23)8-7-21-4-1-12-32-28(21)27(26)11-15-35(13-2-5-24-17-30-19-33-24)14-3-6-25-18-31-20-34-25;23-18-7-8-20-17(13-18)6-5-16-3-1-11-26-22(16)21(20)9-12-24-10-2-4-19-14-25-15-27-19;17-13-5-6-14-12(10-13)4-3-11-2-1-9-19-16(11)15(14)7-8-18;9-6-2-4-7-3-1-5-8-7/h1,4,9-10,12,16-20,27H,2-3,5-8,11,13-15H2,(H,30,33)(H,31,34);1,3,7-8,11,13-15,21,24H,2,4-6,9-10,12H2,(H,25,27);1-2,5-6,9-10,15H,3-4,7-8,18H2;3,5-6H,1-2,4H2. The van der Waals surface area contributed by atoms with Gasteiger partial charge in [0.25, 0.3) is 0 Å². The maximum Gasteiger partial charge on any atom is 0.120 e. The summed E-state index contributed by atoms with van der Waals surface area (Å²) >= 11 is 18.8. The first kappa shape index (κ1) is 65.5. The van der Waals surface area contributed by atoms with Crippen LogP contribution in [0.25, 0.3) is 0 Å². The summed E-state index contributed by atoms with van der Waals surface area (Å²) in [7, 11) is 0. The van der Waals surface area contributed by atoms with Gasteiger partial charge in [-0.25, -0.2) is 15.0 Å². The second-order valence-corrected chi connectivity index (χ2v) is 24.9. The van der Waals surface area contributed by atoms with Gasteiger partial charge in [-0.2, -0.15) is 0 Å². The van der Waals surface area contributed by atoms with Crippen LogP contribution >= 0.6 is 34.8 Å². The lowest BCUT2D eigenvalue weighted by Gasteiger charge is -2.26. The van der Waals surface area contributed by atoms with Gasteiger partial charge in [-0.3, -0.25) is 19.9 Å². The van der Waals surface area contributed by atoms with E-state index in [-0.39, 0.29) is 0 Å². The minimum absolute atomic E-state index is 0.295. The fourth-order valence-corrected chi connectivity index (χ4v) is 13.7. The van der Waals surface area contributed by atoms with Gasteiger partial charge in [-0.15, -0.1) is 0 Å². The number of halogens is 3. The second kappa shape index (κ2) is 34.7. The molecule has 3 aromatic carbocycles. The van der Waals surface area contributed by atoms with Crippen molar-refractivity contribution in [2.45, 2.75) is 133 Å². The second-order valence-electron chi connectivity index (χ2n) is 23.6. The van der Waals surface area contributed by atoms with Crippen molar-refractivity contribution in [1.82, 2.24) is 55.1 Å².